The van der Waals surface area contributed by atoms with Crippen molar-refractivity contribution in [2.24, 2.45) is 5.84 Å². The van der Waals surface area contributed by atoms with Crippen LogP contribution in [0.15, 0.2) is 42.6 Å². The average Bonchev–Trinajstić information content (AvgIpc) is 2.48. The zero-order valence-electron chi connectivity index (χ0n) is 10.8. The molecule has 3 rings (SSSR count). The summed E-state index contributed by atoms with van der Waals surface area (Å²) in [5.74, 6) is 5.90. The van der Waals surface area contributed by atoms with Gasteiger partial charge in [-0.2, -0.15) is 0 Å². The van der Waals surface area contributed by atoms with Crippen molar-refractivity contribution in [2.75, 3.05) is 22.2 Å². The molecular weight excluding hydrogens is 254 g/mol. The predicted molar refractivity (Wildman–Crippen MR) is 78.2 cm³/mol. The van der Waals surface area contributed by atoms with Crippen LogP contribution in [0.5, 0.6) is 0 Å². The molecule has 102 valence electrons. The van der Waals surface area contributed by atoms with E-state index in [0.717, 1.165) is 16.9 Å². The first-order chi connectivity index (χ1) is 9.76. The van der Waals surface area contributed by atoms with Crippen molar-refractivity contribution in [2.45, 2.75) is 6.54 Å². The third-order valence-corrected chi connectivity index (χ3v) is 3.20. The number of benzene rings is 1. The number of anilines is 3. The summed E-state index contributed by atoms with van der Waals surface area (Å²) in [6.07, 6.45) is 1.75. The first kappa shape index (κ1) is 12.4. The second-order valence-electron chi connectivity index (χ2n) is 4.62. The van der Waals surface area contributed by atoms with Crippen LogP contribution in [-0.2, 0) is 11.3 Å². The van der Waals surface area contributed by atoms with E-state index in [-0.39, 0.29) is 5.91 Å². The summed E-state index contributed by atoms with van der Waals surface area (Å²) in [7, 11) is 0. The maximum absolute atomic E-state index is 11.7. The fraction of sp³-hybridized carbons (Fsp3) is 0.143. The normalized spacial score (nSPS) is 13.7. The lowest BCUT2D eigenvalue weighted by Crippen LogP contribution is -2.37. The number of hydrogen-bond acceptors (Lipinski definition) is 5. The SMILES string of the molecule is NNc1ccc(CN2CC(=O)Nc3ccccc32)cn1. The molecule has 1 aromatic heterocycles. The number of fused-ring (bicyclic) bond motifs is 1. The maximum Gasteiger partial charge on any atom is 0.243 e. The summed E-state index contributed by atoms with van der Waals surface area (Å²) in [6, 6.07) is 11.5. The van der Waals surface area contributed by atoms with Gasteiger partial charge in [-0.15, -0.1) is 0 Å². The number of carbonyl (C=O) groups excluding carboxylic acids is 1. The lowest BCUT2D eigenvalue weighted by molar-refractivity contribution is -0.115. The molecule has 0 spiro atoms. The Morgan fingerprint density at radius 1 is 1.30 bits per heavy atom. The smallest absolute Gasteiger partial charge is 0.243 e. The highest BCUT2D eigenvalue weighted by atomic mass is 16.2. The fourth-order valence-electron chi connectivity index (χ4n) is 2.27. The van der Waals surface area contributed by atoms with E-state index in [0.29, 0.717) is 18.9 Å². The van der Waals surface area contributed by atoms with Crippen LogP contribution in [0.3, 0.4) is 0 Å². The van der Waals surface area contributed by atoms with Crippen LogP contribution in [0, 0.1) is 0 Å². The Hall–Kier alpha value is -2.60. The fourth-order valence-corrected chi connectivity index (χ4v) is 2.27. The minimum Gasteiger partial charge on any atom is -0.356 e. The number of hydrazine groups is 1. The highest BCUT2D eigenvalue weighted by Gasteiger charge is 2.21. The highest BCUT2D eigenvalue weighted by Crippen LogP contribution is 2.29. The molecule has 1 aromatic carbocycles. The summed E-state index contributed by atoms with van der Waals surface area (Å²) in [5.41, 5.74) is 5.38. The van der Waals surface area contributed by atoms with Gasteiger partial charge in [-0.05, 0) is 23.8 Å². The van der Waals surface area contributed by atoms with Crippen LogP contribution in [0.4, 0.5) is 17.2 Å². The molecule has 0 aliphatic carbocycles. The molecule has 2 heterocycles. The minimum absolute atomic E-state index is 0.00287. The van der Waals surface area contributed by atoms with Crippen molar-refractivity contribution < 1.29 is 4.79 Å². The Morgan fingerprint density at radius 2 is 2.15 bits per heavy atom. The lowest BCUT2D eigenvalue weighted by atomic mass is 10.1. The first-order valence-electron chi connectivity index (χ1n) is 6.31. The van der Waals surface area contributed by atoms with Crippen molar-refractivity contribution in [3.63, 3.8) is 0 Å². The maximum atomic E-state index is 11.7. The summed E-state index contributed by atoms with van der Waals surface area (Å²) in [6.45, 7) is 0.968. The molecule has 0 bridgehead atoms. The summed E-state index contributed by atoms with van der Waals surface area (Å²) < 4.78 is 0. The van der Waals surface area contributed by atoms with Crippen molar-refractivity contribution in [3.05, 3.63) is 48.2 Å². The molecule has 0 radical (unpaired) electrons. The van der Waals surface area contributed by atoms with Crippen LogP contribution < -0.4 is 21.5 Å². The van der Waals surface area contributed by atoms with Gasteiger partial charge in [-0.1, -0.05) is 18.2 Å². The Morgan fingerprint density at radius 3 is 2.90 bits per heavy atom. The lowest BCUT2D eigenvalue weighted by Gasteiger charge is -2.30. The second-order valence-corrected chi connectivity index (χ2v) is 4.62. The number of nitrogen functional groups attached to an aromatic ring is 1. The Kier molecular flexibility index (Phi) is 3.22. The molecular formula is C14H15N5O. The zero-order chi connectivity index (χ0) is 13.9. The van der Waals surface area contributed by atoms with Gasteiger partial charge in [0, 0.05) is 12.7 Å². The van der Waals surface area contributed by atoms with Gasteiger partial charge >= 0.3 is 0 Å². The minimum atomic E-state index is -0.00287. The summed E-state index contributed by atoms with van der Waals surface area (Å²) in [4.78, 5) is 17.9. The predicted octanol–water partition coefficient (Wildman–Crippen LogP) is 1.33. The van der Waals surface area contributed by atoms with Crippen molar-refractivity contribution in [3.8, 4) is 0 Å². The van der Waals surface area contributed by atoms with Crippen molar-refractivity contribution >= 4 is 23.1 Å². The number of nitrogens with two attached hydrogens (primary N) is 1. The second kappa shape index (κ2) is 5.18. The monoisotopic (exact) mass is 269 g/mol. The van der Waals surface area contributed by atoms with Crippen LogP contribution in [-0.4, -0.2) is 17.4 Å². The number of hydrogen-bond donors (Lipinski definition) is 3. The number of carbonyl (C=O) groups is 1. The quantitative estimate of drug-likeness (QED) is 0.578. The number of aromatic nitrogens is 1. The third-order valence-electron chi connectivity index (χ3n) is 3.20. The number of nitrogens with one attached hydrogen (secondary N) is 2. The molecule has 4 N–H and O–H groups in total. The van der Waals surface area contributed by atoms with Gasteiger partial charge in [0.25, 0.3) is 0 Å². The van der Waals surface area contributed by atoms with E-state index in [2.05, 4.69) is 15.7 Å². The number of nitrogens with zero attached hydrogens (tertiary/aromatic N) is 2. The molecule has 0 saturated heterocycles. The zero-order valence-corrected chi connectivity index (χ0v) is 10.8. The number of pyridine rings is 1. The van der Waals surface area contributed by atoms with Crippen LogP contribution in [0.2, 0.25) is 0 Å². The molecule has 0 atom stereocenters. The molecule has 20 heavy (non-hydrogen) atoms. The topological polar surface area (TPSA) is 83.3 Å². The molecule has 2 aromatic rings. The van der Waals surface area contributed by atoms with Crippen LogP contribution in [0.25, 0.3) is 0 Å². The van der Waals surface area contributed by atoms with Crippen LogP contribution in [0.1, 0.15) is 5.56 Å². The average molecular weight is 269 g/mol. The van der Waals surface area contributed by atoms with E-state index in [9.17, 15) is 4.79 Å². The molecule has 1 aliphatic rings. The Labute approximate surface area is 116 Å². The van der Waals surface area contributed by atoms with Gasteiger partial charge in [-0.25, -0.2) is 10.8 Å². The number of rotatable bonds is 3. The third kappa shape index (κ3) is 2.41. The molecule has 6 nitrogen and oxygen atoms in total. The van der Waals surface area contributed by atoms with Crippen molar-refractivity contribution in [1.82, 2.24) is 4.98 Å². The molecule has 1 aliphatic heterocycles. The van der Waals surface area contributed by atoms with E-state index in [1.807, 2.05) is 41.3 Å². The van der Waals surface area contributed by atoms with Crippen LogP contribution >= 0.6 is 0 Å². The highest BCUT2D eigenvalue weighted by molar-refractivity contribution is 6.01. The van der Waals surface area contributed by atoms with E-state index in [1.54, 1.807) is 6.20 Å². The van der Waals surface area contributed by atoms with E-state index >= 15 is 0 Å². The Bertz CT molecular complexity index is 626. The van der Waals surface area contributed by atoms with Gasteiger partial charge in [0.05, 0.1) is 17.9 Å². The van der Waals surface area contributed by atoms with Gasteiger partial charge in [0.2, 0.25) is 5.91 Å². The molecule has 1 amide bonds. The molecule has 0 unspecified atom stereocenters. The van der Waals surface area contributed by atoms with Gasteiger partial charge in [0.15, 0.2) is 0 Å². The number of amides is 1. The van der Waals surface area contributed by atoms with Gasteiger partial charge in [0.1, 0.15) is 5.82 Å². The molecule has 0 fully saturated rings. The molecule has 0 saturated carbocycles. The Balaban J connectivity index is 1.85. The summed E-state index contributed by atoms with van der Waals surface area (Å²) >= 11 is 0. The van der Waals surface area contributed by atoms with Crippen molar-refractivity contribution in [1.29, 1.82) is 0 Å². The summed E-state index contributed by atoms with van der Waals surface area (Å²) in [5, 5.41) is 2.87. The van der Waals surface area contributed by atoms with E-state index in [1.165, 1.54) is 0 Å². The van der Waals surface area contributed by atoms with Gasteiger partial charge < -0.3 is 15.6 Å². The van der Waals surface area contributed by atoms with Gasteiger partial charge in [-0.3, -0.25) is 4.79 Å². The largest absolute Gasteiger partial charge is 0.356 e. The van der Waals surface area contributed by atoms with E-state index in [4.69, 9.17) is 5.84 Å². The molecule has 6 heteroatoms. The number of para-hydroxylation sites is 2. The van der Waals surface area contributed by atoms with E-state index < -0.39 is 0 Å². The standard InChI is InChI=1S/C14H15N5O/c15-18-13-6-5-10(7-16-13)8-19-9-14(20)17-11-3-1-2-4-12(11)19/h1-7H,8-9,15H2,(H,16,18)(H,17,20). The first-order valence-corrected chi connectivity index (χ1v) is 6.31.